The zero-order valence-electron chi connectivity index (χ0n) is 19.0. The van der Waals surface area contributed by atoms with E-state index in [4.69, 9.17) is 4.74 Å². The summed E-state index contributed by atoms with van der Waals surface area (Å²) < 4.78 is 7.28. The number of hydrogen-bond donors (Lipinski definition) is 1. The number of carbonyl (C=O) groups excluding carboxylic acids is 1. The smallest absolute Gasteiger partial charge is 0.233 e. The normalized spacial score (nSPS) is 12.5. The van der Waals surface area contributed by atoms with Crippen LogP contribution in [0.25, 0.3) is 17.1 Å². The van der Waals surface area contributed by atoms with Gasteiger partial charge in [-0.1, -0.05) is 36.4 Å². The molecule has 0 saturated heterocycles. The van der Waals surface area contributed by atoms with Crippen molar-refractivity contribution in [1.29, 1.82) is 0 Å². The molecule has 7 heteroatoms. The van der Waals surface area contributed by atoms with Crippen molar-refractivity contribution >= 4 is 17.7 Å². The molecule has 0 aliphatic carbocycles. The van der Waals surface area contributed by atoms with Crippen molar-refractivity contribution < 1.29 is 9.53 Å². The third-order valence-corrected chi connectivity index (χ3v) is 6.31. The molecule has 6 nitrogen and oxygen atoms in total. The molecule has 0 saturated carbocycles. The third-order valence-electron chi connectivity index (χ3n) is 5.27. The van der Waals surface area contributed by atoms with Gasteiger partial charge in [-0.05, 0) is 70.5 Å². The Labute approximate surface area is 188 Å². The van der Waals surface area contributed by atoms with Crippen LogP contribution in [0, 0.1) is 6.92 Å². The molecule has 0 radical (unpaired) electrons. The highest BCUT2D eigenvalue weighted by atomic mass is 32.2. The number of aryl methyl sites for hydroxylation is 1. The average molecular weight is 439 g/mol. The Morgan fingerprint density at radius 2 is 1.77 bits per heavy atom. The van der Waals surface area contributed by atoms with E-state index >= 15 is 0 Å². The molecule has 3 rings (SSSR count). The van der Waals surface area contributed by atoms with E-state index in [9.17, 15) is 4.79 Å². The summed E-state index contributed by atoms with van der Waals surface area (Å²) in [6.45, 7) is 10.1. The highest BCUT2D eigenvalue weighted by Crippen LogP contribution is 2.31. The van der Waals surface area contributed by atoms with Crippen LogP contribution in [0.1, 0.15) is 39.7 Å². The van der Waals surface area contributed by atoms with Gasteiger partial charge in [-0.3, -0.25) is 9.36 Å². The lowest BCUT2D eigenvalue weighted by Crippen LogP contribution is -2.46. The summed E-state index contributed by atoms with van der Waals surface area (Å²) in [4.78, 5) is 12.8. The SMILES string of the molecule is CCC(C)(C)NC(=O)C(C)Sc1nnc(-c2ccc(OC)cc2)n1-c1ccc(C)cc1. The molecule has 31 heavy (non-hydrogen) atoms. The highest BCUT2D eigenvalue weighted by Gasteiger charge is 2.25. The molecule has 1 aromatic heterocycles. The van der Waals surface area contributed by atoms with E-state index in [1.165, 1.54) is 17.3 Å². The molecular weight excluding hydrogens is 408 g/mol. The van der Waals surface area contributed by atoms with E-state index in [1.807, 2.05) is 61.7 Å². The first-order valence-corrected chi connectivity index (χ1v) is 11.3. The van der Waals surface area contributed by atoms with E-state index in [1.54, 1.807) is 7.11 Å². The number of aromatic nitrogens is 3. The van der Waals surface area contributed by atoms with E-state index < -0.39 is 0 Å². The van der Waals surface area contributed by atoms with E-state index in [0.29, 0.717) is 5.16 Å². The van der Waals surface area contributed by atoms with Crippen molar-refractivity contribution in [3.8, 4) is 22.8 Å². The fourth-order valence-corrected chi connectivity index (χ4v) is 3.80. The maximum absolute atomic E-state index is 12.8. The Kier molecular flexibility index (Phi) is 7.05. The van der Waals surface area contributed by atoms with Crippen LogP contribution in [0.4, 0.5) is 0 Å². The molecule has 164 valence electrons. The van der Waals surface area contributed by atoms with Gasteiger partial charge in [0.15, 0.2) is 11.0 Å². The van der Waals surface area contributed by atoms with Gasteiger partial charge in [-0.2, -0.15) is 0 Å². The number of hydrogen-bond acceptors (Lipinski definition) is 5. The van der Waals surface area contributed by atoms with Gasteiger partial charge in [-0.25, -0.2) is 0 Å². The molecule has 0 fully saturated rings. The number of benzene rings is 2. The fourth-order valence-electron chi connectivity index (χ4n) is 2.94. The molecule has 3 aromatic rings. The van der Waals surface area contributed by atoms with E-state index in [2.05, 4.69) is 41.5 Å². The summed E-state index contributed by atoms with van der Waals surface area (Å²) in [5.41, 5.74) is 2.80. The van der Waals surface area contributed by atoms with Gasteiger partial charge in [0, 0.05) is 16.8 Å². The topological polar surface area (TPSA) is 69.0 Å². The van der Waals surface area contributed by atoms with Crippen LogP contribution in [0.15, 0.2) is 53.7 Å². The Balaban J connectivity index is 1.97. The van der Waals surface area contributed by atoms with Crippen LogP contribution in [0.3, 0.4) is 0 Å². The second-order valence-electron chi connectivity index (χ2n) is 8.19. The van der Waals surface area contributed by atoms with E-state index in [0.717, 1.165) is 29.2 Å². The van der Waals surface area contributed by atoms with Crippen molar-refractivity contribution in [2.75, 3.05) is 7.11 Å². The van der Waals surface area contributed by atoms with Crippen LogP contribution in [-0.4, -0.2) is 38.6 Å². The molecule has 1 amide bonds. The maximum atomic E-state index is 12.8. The molecule has 2 aromatic carbocycles. The monoisotopic (exact) mass is 438 g/mol. The molecule has 0 spiro atoms. The van der Waals surface area contributed by atoms with Crippen LogP contribution in [0.2, 0.25) is 0 Å². The van der Waals surface area contributed by atoms with Gasteiger partial charge < -0.3 is 10.1 Å². The summed E-state index contributed by atoms with van der Waals surface area (Å²) in [5, 5.41) is 12.4. The van der Waals surface area contributed by atoms with Crippen molar-refractivity contribution in [3.63, 3.8) is 0 Å². The maximum Gasteiger partial charge on any atom is 0.233 e. The van der Waals surface area contributed by atoms with Crippen molar-refractivity contribution in [2.45, 2.75) is 57.0 Å². The Morgan fingerprint density at radius 1 is 1.13 bits per heavy atom. The largest absolute Gasteiger partial charge is 0.497 e. The molecule has 1 unspecified atom stereocenters. The summed E-state index contributed by atoms with van der Waals surface area (Å²) in [6, 6.07) is 15.9. The second-order valence-corrected chi connectivity index (χ2v) is 9.50. The average Bonchev–Trinajstić information content (AvgIpc) is 3.17. The first kappa shape index (κ1) is 22.9. The first-order valence-electron chi connectivity index (χ1n) is 10.4. The van der Waals surface area contributed by atoms with Gasteiger partial charge >= 0.3 is 0 Å². The second kappa shape index (κ2) is 9.56. The number of methoxy groups -OCH3 is 1. The van der Waals surface area contributed by atoms with Gasteiger partial charge in [0.2, 0.25) is 5.91 Å². The minimum absolute atomic E-state index is 0.0127. The number of carbonyl (C=O) groups is 1. The molecule has 0 bridgehead atoms. The first-order chi connectivity index (χ1) is 14.7. The number of amides is 1. The van der Waals surface area contributed by atoms with Crippen LogP contribution in [-0.2, 0) is 4.79 Å². The Hall–Kier alpha value is -2.80. The molecule has 0 aliphatic rings. The van der Waals surface area contributed by atoms with Crippen molar-refractivity contribution in [1.82, 2.24) is 20.1 Å². The standard InChI is InChI=1S/C24H30N4O2S/c1-7-24(4,5)25-22(29)17(3)31-23-27-26-21(18-10-14-20(30-6)15-11-18)28(23)19-12-8-16(2)9-13-19/h8-15,17H,7H2,1-6H3,(H,25,29). The number of nitrogens with one attached hydrogen (secondary N) is 1. The zero-order valence-corrected chi connectivity index (χ0v) is 19.8. The zero-order chi connectivity index (χ0) is 22.6. The number of ether oxygens (including phenoxy) is 1. The van der Waals surface area contributed by atoms with Crippen LogP contribution >= 0.6 is 11.8 Å². The lowest BCUT2D eigenvalue weighted by molar-refractivity contribution is -0.121. The minimum atomic E-state index is -0.317. The molecular formula is C24H30N4O2S. The summed E-state index contributed by atoms with van der Waals surface area (Å²) >= 11 is 1.40. The molecule has 1 atom stereocenters. The fraction of sp³-hybridized carbons (Fsp3) is 0.375. The number of thioether (sulfide) groups is 1. The Morgan fingerprint density at radius 3 is 2.35 bits per heavy atom. The summed E-state index contributed by atoms with van der Waals surface area (Å²) in [7, 11) is 1.64. The van der Waals surface area contributed by atoms with Gasteiger partial charge in [0.05, 0.1) is 12.4 Å². The third kappa shape index (κ3) is 5.47. The summed E-state index contributed by atoms with van der Waals surface area (Å²) in [6.07, 6.45) is 0.858. The lowest BCUT2D eigenvalue weighted by atomic mass is 10.0. The van der Waals surface area contributed by atoms with Crippen molar-refractivity contribution in [2.24, 2.45) is 0 Å². The predicted octanol–water partition coefficient (Wildman–Crippen LogP) is 5.04. The number of nitrogens with zero attached hydrogens (tertiary/aromatic N) is 3. The molecule has 1 N–H and O–H groups in total. The predicted molar refractivity (Wildman–Crippen MR) is 126 cm³/mol. The quantitative estimate of drug-likeness (QED) is 0.499. The van der Waals surface area contributed by atoms with Gasteiger partial charge in [0.25, 0.3) is 0 Å². The number of rotatable bonds is 8. The molecule has 0 aliphatic heterocycles. The van der Waals surface area contributed by atoms with Crippen molar-refractivity contribution in [3.05, 3.63) is 54.1 Å². The van der Waals surface area contributed by atoms with Gasteiger partial charge in [-0.15, -0.1) is 10.2 Å². The lowest BCUT2D eigenvalue weighted by Gasteiger charge is -2.26. The molecule has 1 heterocycles. The minimum Gasteiger partial charge on any atom is -0.497 e. The van der Waals surface area contributed by atoms with Crippen LogP contribution < -0.4 is 10.1 Å². The van der Waals surface area contributed by atoms with Gasteiger partial charge in [0.1, 0.15) is 5.75 Å². The van der Waals surface area contributed by atoms with E-state index in [-0.39, 0.29) is 16.7 Å². The highest BCUT2D eigenvalue weighted by molar-refractivity contribution is 8.00. The Bertz CT molecular complexity index is 1030. The van der Waals surface area contributed by atoms with Crippen LogP contribution in [0.5, 0.6) is 5.75 Å². The summed E-state index contributed by atoms with van der Waals surface area (Å²) in [5.74, 6) is 1.49.